The van der Waals surface area contributed by atoms with Gasteiger partial charge in [0.05, 0.1) is 0 Å². The van der Waals surface area contributed by atoms with Crippen LogP contribution in [-0.2, 0) is 10.3 Å². The van der Waals surface area contributed by atoms with Crippen molar-refractivity contribution in [2.75, 3.05) is 6.54 Å². The molecule has 0 bridgehead atoms. The molecule has 0 unspecified atom stereocenters. The van der Waals surface area contributed by atoms with E-state index in [-0.39, 0.29) is 42.0 Å². The summed E-state index contributed by atoms with van der Waals surface area (Å²) in [6.45, 7) is 4.19. The fourth-order valence-electron chi connectivity index (χ4n) is 0.797. The van der Waals surface area contributed by atoms with E-state index in [0.29, 0.717) is 0 Å². The molecule has 0 saturated carbocycles. The van der Waals surface area contributed by atoms with Gasteiger partial charge in [-0.2, -0.15) is 0 Å². The minimum Gasteiger partial charge on any atom is -0.735 e. The summed E-state index contributed by atoms with van der Waals surface area (Å²) in [6.07, 6.45) is 1.78. The maximum Gasteiger partial charge on any atom is 1.00 e. The Hall–Kier alpha value is 0.870. The molecule has 0 aromatic carbocycles. The van der Waals surface area contributed by atoms with Gasteiger partial charge in [-0.3, -0.25) is 0 Å². The van der Waals surface area contributed by atoms with Crippen molar-refractivity contribution in [2.45, 2.75) is 26.7 Å². The van der Waals surface area contributed by atoms with Crippen LogP contribution in [0.25, 0.3) is 0 Å². The zero-order valence-corrected chi connectivity index (χ0v) is 10.6. The van der Waals surface area contributed by atoms with Crippen LogP contribution in [-0.4, -0.2) is 19.5 Å². The van der Waals surface area contributed by atoms with Crippen LogP contribution in [0.3, 0.4) is 0 Å². The van der Waals surface area contributed by atoms with Gasteiger partial charge in [0, 0.05) is 6.54 Å². The van der Waals surface area contributed by atoms with Crippen LogP contribution in [0.2, 0.25) is 0 Å². The maximum absolute atomic E-state index is 10.1. The largest absolute Gasteiger partial charge is 1.00 e. The Morgan fingerprint density at radius 2 is 1.75 bits per heavy atom. The molecule has 0 heterocycles. The molecule has 6 heteroatoms. The second kappa shape index (κ2) is 7.29. The van der Waals surface area contributed by atoms with E-state index in [2.05, 4.69) is 0 Å². The van der Waals surface area contributed by atoms with Crippen molar-refractivity contribution in [1.82, 2.24) is 4.72 Å². The van der Waals surface area contributed by atoms with Crippen LogP contribution < -0.4 is 34.3 Å². The topological polar surface area (TPSA) is 69.2 Å². The van der Waals surface area contributed by atoms with Crippen LogP contribution >= 0.6 is 0 Å². The SMILES string of the molecule is CCC(CC)CNS(=O)(=O)[O-].[Na+]. The molecule has 0 rings (SSSR count). The smallest absolute Gasteiger partial charge is 0.735 e. The van der Waals surface area contributed by atoms with Gasteiger partial charge in [0.25, 0.3) is 0 Å². The second-order valence-electron chi connectivity index (χ2n) is 2.49. The second-order valence-corrected chi connectivity index (χ2v) is 3.68. The molecule has 68 valence electrons. The minimum atomic E-state index is -4.24. The monoisotopic (exact) mass is 203 g/mol. The molecule has 0 radical (unpaired) electrons. The Morgan fingerprint density at radius 3 is 2.00 bits per heavy atom. The van der Waals surface area contributed by atoms with Gasteiger partial charge in [0.2, 0.25) is 0 Å². The molecular weight excluding hydrogens is 189 g/mol. The predicted octanol–water partition coefficient (Wildman–Crippen LogP) is -2.52. The summed E-state index contributed by atoms with van der Waals surface area (Å²) in [5, 5.41) is 0. The first-order chi connectivity index (χ1) is 4.99. The van der Waals surface area contributed by atoms with Gasteiger partial charge in [0.1, 0.15) is 0 Å². The zero-order chi connectivity index (χ0) is 8.91. The average Bonchev–Trinajstić information content (AvgIpc) is 1.88. The summed E-state index contributed by atoms with van der Waals surface area (Å²) in [7, 11) is -4.24. The maximum atomic E-state index is 10.1. The molecule has 0 aliphatic heterocycles. The third-order valence-corrected chi connectivity index (χ3v) is 2.22. The van der Waals surface area contributed by atoms with Crippen molar-refractivity contribution >= 4 is 10.3 Å². The number of rotatable bonds is 5. The number of hydrogen-bond acceptors (Lipinski definition) is 3. The molecule has 0 saturated heterocycles. The van der Waals surface area contributed by atoms with E-state index in [9.17, 15) is 13.0 Å². The van der Waals surface area contributed by atoms with Crippen LogP contribution in [0.5, 0.6) is 0 Å². The van der Waals surface area contributed by atoms with Crippen molar-refractivity contribution in [3.63, 3.8) is 0 Å². The van der Waals surface area contributed by atoms with Crippen LogP contribution in [0, 0.1) is 5.92 Å². The van der Waals surface area contributed by atoms with Gasteiger partial charge in [0.15, 0.2) is 10.3 Å². The van der Waals surface area contributed by atoms with E-state index in [1.54, 1.807) is 0 Å². The van der Waals surface area contributed by atoms with Gasteiger partial charge >= 0.3 is 29.6 Å². The normalized spacial score (nSPS) is 11.3. The number of hydrogen-bond donors (Lipinski definition) is 1. The number of nitrogens with one attached hydrogen (secondary N) is 1. The molecule has 1 N–H and O–H groups in total. The van der Waals surface area contributed by atoms with Gasteiger partial charge in [-0.05, 0) is 5.92 Å². The molecule has 0 aliphatic carbocycles. The quantitative estimate of drug-likeness (QED) is 0.396. The van der Waals surface area contributed by atoms with Gasteiger partial charge in [-0.15, -0.1) is 0 Å². The van der Waals surface area contributed by atoms with E-state index in [0.717, 1.165) is 12.8 Å². The molecule has 0 aromatic heterocycles. The Kier molecular flexibility index (Phi) is 9.32. The Morgan fingerprint density at radius 1 is 1.33 bits per heavy atom. The molecular formula is C6H14NNaO3S. The van der Waals surface area contributed by atoms with Crippen LogP contribution in [0.4, 0.5) is 0 Å². The van der Waals surface area contributed by atoms with E-state index < -0.39 is 10.3 Å². The Bertz CT molecular complexity index is 189. The van der Waals surface area contributed by atoms with Crippen LogP contribution in [0.15, 0.2) is 0 Å². The van der Waals surface area contributed by atoms with E-state index in [4.69, 9.17) is 0 Å². The molecule has 0 atom stereocenters. The molecule has 0 spiro atoms. The van der Waals surface area contributed by atoms with Crippen molar-refractivity contribution in [1.29, 1.82) is 0 Å². The average molecular weight is 203 g/mol. The van der Waals surface area contributed by atoms with Gasteiger partial charge in [-0.1, -0.05) is 26.7 Å². The standard InChI is InChI=1S/C6H15NO3S.Na/c1-3-6(4-2)5-7-11(8,9)10;/h6-7H,3-5H2,1-2H3,(H,8,9,10);/q;+1/p-1. The van der Waals surface area contributed by atoms with Crippen molar-refractivity contribution in [3.05, 3.63) is 0 Å². The van der Waals surface area contributed by atoms with Gasteiger partial charge in [-0.25, -0.2) is 13.1 Å². The van der Waals surface area contributed by atoms with E-state index in [1.165, 1.54) is 0 Å². The molecule has 12 heavy (non-hydrogen) atoms. The summed E-state index contributed by atoms with van der Waals surface area (Å²) in [5.41, 5.74) is 0. The van der Waals surface area contributed by atoms with Crippen LogP contribution in [0.1, 0.15) is 26.7 Å². The Labute approximate surface area is 96.3 Å². The van der Waals surface area contributed by atoms with Crippen molar-refractivity contribution in [2.24, 2.45) is 5.92 Å². The summed E-state index contributed by atoms with van der Waals surface area (Å²) in [6, 6.07) is 0. The summed E-state index contributed by atoms with van der Waals surface area (Å²) < 4.78 is 32.2. The fraction of sp³-hybridized carbons (Fsp3) is 1.00. The molecule has 0 amide bonds. The predicted molar refractivity (Wildman–Crippen MR) is 41.8 cm³/mol. The van der Waals surface area contributed by atoms with Gasteiger partial charge < -0.3 is 4.55 Å². The van der Waals surface area contributed by atoms with Crippen molar-refractivity contribution < 1.29 is 42.5 Å². The summed E-state index contributed by atoms with van der Waals surface area (Å²) >= 11 is 0. The molecule has 4 nitrogen and oxygen atoms in total. The summed E-state index contributed by atoms with van der Waals surface area (Å²) in [4.78, 5) is 0. The van der Waals surface area contributed by atoms with E-state index in [1.807, 2.05) is 18.6 Å². The molecule has 0 aliphatic rings. The zero-order valence-electron chi connectivity index (χ0n) is 7.83. The third kappa shape index (κ3) is 8.96. The Balaban J connectivity index is 0. The minimum absolute atomic E-state index is 0. The summed E-state index contributed by atoms with van der Waals surface area (Å²) in [5.74, 6) is 0.277. The third-order valence-electron chi connectivity index (χ3n) is 1.70. The van der Waals surface area contributed by atoms with E-state index >= 15 is 0 Å². The molecule has 0 fully saturated rings. The first kappa shape index (κ1) is 15.3. The fourth-order valence-corrected chi connectivity index (χ4v) is 1.24. The van der Waals surface area contributed by atoms with Crippen molar-refractivity contribution in [3.8, 4) is 0 Å². The first-order valence-electron chi connectivity index (χ1n) is 3.70. The molecule has 0 aromatic rings. The first-order valence-corrected chi connectivity index (χ1v) is 5.10.